The third kappa shape index (κ3) is 4.24. The second kappa shape index (κ2) is 8.11. The van der Waals surface area contributed by atoms with E-state index < -0.39 is 5.60 Å². The Morgan fingerprint density at radius 3 is 2.17 bits per heavy atom. The van der Waals surface area contributed by atoms with E-state index >= 15 is 0 Å². The predicted molar refractivity (Wildman–Crippen MR) is 97.6 cm³/mol. The van der Waals surface area contributed by atoms with Crippen molar-refractivity contribution >= 4 is 5.91 Å². The van der Waals surface area contributed by atoms with Crippen molar-refractivity contribution in [3.8, 4) is 0 Å². The van der Waals surface area contributed by atoms with Crippen LogP contribution in [-0.2, 0) is 16.8 Å². The summed E-state index contributed by atoms with van der Waals surface area (Å²) in [5.74, 6) is -0.00224. The van der Waals surface area contributed by atoms with Gasteiger partial charge in [0.25, 0.3) is 0 Å². The predicted octanol–water partition coefficient (Wildman–Crippen LogP) is 3.62. The lowest BCUT2D eigenvalue weighted by molar-refractivity contribution is -0.131. The van der Waals surface area contributed by atoms with E-state index in [1.54, 1.807) is 11.9 Å². The van der Waals surface area contributed by atoms with Crippen molar-refractivity contribution < 1.29 is 9.90 Å². The smallest absolute Gasteiger partial charge is 0.222 e. The van der Waals surface area contributed by atoms with Crippen molar-refractivity contribution in [2.45, 2.75) is 32.3 Å². The van der Waals surface area contributed by atoms with Crippen LogP contribution in [0.15, 0.2) is 60.7 Å². The van der Waals surface area contributed by atoms with Crippen LogP contribution in [0.1, 0.15) is 31.4 Å². The minimum absolute atomic E-state index is 0.0944. The lowest BCUT2D eigenvalue weighted by atomic mass is 9.77. The number of nitrogens with zero attached hydrogens (tertiary/aromatic N) is 1. The van der Waals surface area contributed by atoms with Gasteiger partial charge >= 0.3 is 0 Å². The van der Waals surface area contributed by atoms with Gasteiger partial charge in [0, 0.05) is 32.4 Å². The van der Waals surface area contributed by atoms with Crippen LogP contribution in [0.2, 0.25) is 0 Å². The maximum Gasteiger partial charge on any atom is 0.222 e. The third-order valence-electron chi connectivity index (χ3n) is 4.68. The minimum Gasteiger partial charge on any atom is -0.384 e. The zero-order valence-electron chi connectivity index (χ0n) is 14.8. The van der Waals surface area contributed by atoms with Gasteiger partial charge in [-0.05, 0) is 11.1 Å². The maximum absolute atomic E-state index is 11.9. The maximum atomic E-state index is 11.9. The van der Waals surface area contributed by atoms with E-state index in [0.717, 1.165) is 11.1 Å². The van der Waals surface area contributed by atoms with Gasteiger partial charge in [-0.3, -0.25) is 4.79 Å². The molecule has 3 heteroatoms. The van der Waals surface area contributed by atoms with Gasteiger partial charge < -0.3 is 10.0 Å². The van der Waals surface area contributed by atoms with E-state index in [4.69, 9.17) is 0 Å². The molecule has 2 aromatic rings. The van der Waals surface area contributed by atoms with Crippen molar-refractivity contribution in [1.82, 2.24) is 4.90 Å². The molecule has 1 amide bonds. The number of amides is 1. The van der Waals surface area contributed by atoms with Gasteiger partial charge in [0.05, 0.1) is 5.60 Å². The quantitative estimate of drug-likeness (QED) is 0.844. The van der Waals surface area contributed by atoms with E-state index in [-0.39, 0.29) is 11.8 Å². The molecule has 0 aliphatic carbocycles. The number of benzene rings is 2. The molecule has 1 N–H and O–H groups in total. The summed E-state index contributed by atoms with van der Waals surface area (Å²) >= 11 is 0. The monoisotopic (exact) mass is 325 g/mol. The number of aliphatic hydroxyl groups is 1. The Labute approximate surface area is 144 Å². The highest BCUT2D eigenvalue weighted by Crippen LogP contribution is 2.34. The largest absolute Gasteiger partial charge is 0.384 e. The summed E-state index contributed by atoms with van der Waals surface area (Å²) in [6.45, 7) is 4.39. The Morgan fingerprint density at radius 1 is 1.08 bits per heavy atom. The van der Waals surface area contributed by atoms with Crippen LogP contribution in [0, 0.1) is 5.92 Å². The molecule has 0 bridgehead atoms. The highest BCUT2D eigenvalue weighted by molar-refractivity contribution is 5.75. The fourth-order valence-corrected chi connectivity index (χ4v) is 3.13. The molecule has 0 aliphatic rings. The van der Waals surface area contributed by atoms with Gasteiger partial charge in [-0.2, -0.15) is 0 Å². The summed E-state index contributed by atoms with van der Waals surface area (Å²) in [6.07, 6.45) is 0.999. The van der Waals surface area contributed by atoms with Gasteiger partial charge in [0.1, 0.15) is 0 Å². The molecule has 0 heterocycles. The van der Waals surface area contributed by atoms with E-state index in [1.807, 2.05) is 74.5 Å². The molecule has 0 fully saturated rings. The van der Waals surface area contributed by atoms with Gasteiger partial charge in [0.15, 0.2) is 0 Å². The summed E-state index contributed by atoms with van der Waals surface area (Å²) in [5.41, 5.74) is 0.948. The SMILES string of the molecule is CCC(=O)N(C)CC(C)C(O)(Cc1ccccc1)c1ccccc1. The Kier molecular flexibility index (Phi) is 6.16. The molecule has 0 saturated carbocycles. The topological polar surface area (TPSA) is 40.5 Å². The molecule has 0 spiro atoms. The first-order valence-electron chi connectivity index (χ1n) is 8.53. The lowest BCUT2D eigenvalue weighted by Crippen LogP contribution is -2.43. The van der Waals surface area contributed by atoms with Crippen LogP contribution in [0.5, 0.6) is 0 Å². The fourth-order valence-electron chi connectivity index (χ4n) is 3.13. The normalized spacial score (nSPS) is 14.7. The van der Waals surface area contributed by atoms with Crippen LogP contribution in [-0.4, -0.2) is 29.5 Å². The lowest BCUT2D eigenvalue weighted by Gasteiger charge is -2.37. The number of carbonyl (C=O) groups excluding carboxylic acids is 1. The molecule has 0 radical (unpaired) electrons. The fraction of sp³-hybridized carbons (Fsp3) is 0.381. The van der Waals surface area contributed by atoms with Crippen LogP contribution in [0.4, 0.5) is 0 Å². The summed E-state index contributed by atoms with van der Waals surface area (Å²) in [6, 6.07) is 19.8. The number of hydrogen-bond donors (Lipinski definition) is 1. The van der Waals surface area contributed by atoms with E-state index in [9.17, 15) is 9.90 Å². The molecule has 0 saturated heterocycles. The number of rotatable bonds is 7. The average molecular weight is 325 g/mol. The van der Waals surface area contributed by atoms with Gasteiger partial charge in [0.2, 0.25) is 5.91 Å². The molecule has 0 aromatic heterocycles. The van der Waals surface area contributed by atoms with Gasteiger partial charge in [-0.25, -0.2) is 0 Å². The van der Waals surface area contributed by atoms with Crippen molar-refractivity contribution in [3.05, 3.63) is 71.8 Å². The Bertz CT molecular complexity index is 641. The standard InChI is InChI=1S/C21H27NO2/c1-4-20(23)22(3)16-17(2)21(24,19-13-9-6-10-14-19)15-18-11-7-5-8-12-18/h5-14,17,24H,4,15-16H2,1-3H3. The zero-order valence-corrected chi connectivity index (χ0v) is 14.8. The Balaban J connectivity index is 2.30. The van der Waals surface area contributed by atoms with Gasteiger partial charge in [-0.15, -0.1) is 0 Å². The molecule has 24 heavy (non-hydrogen) atoms. The van der Waals surface area contributed by atoms with Crippen molar-refractivity contribution in [2.24, 2.45) is 5.92 Å². The molecular weight excluding hydrogens is 298 g/mol. The Morgan fingerprint density at radius 2 is 1.62 bits per heavy atom. The summed E-state index contributed by atoms with van der Waals surface area (Å²) in [4.78, 5) is 13.6. The molecular formula is C21H27NO2. The van der Waals surface area contributed by atoms with E-state index in [0.29, 0.717) is 19.4 Å². The second-order valence-corrected chi connectivity index (χ2v) is 6.48. The third-order valence-corrected chi connectivity index (χ3v) is 4.68. The van der Waals surface area contributed by atoms with E-state index in [2.05, 4.69) is 0 Å². The summed E-state index contributed by atoms with van der Waals surface area (Å²) in [7, 11) is 1.80. The highest BCUT2D eigenvalue weighted by atomic mass is 16.3. The van der Waals surface area contributed by atoms with Crippen molar-refractivity contribution in [3.63, 3.8) is 0 Å². The van der Waals surface area contributed by atoms with Crippen molar-refractivity contribution in [1.29, 1.82) is 0 Å². The minimum atomic E-state index is -1.02. The average Bonchev–Trinajstić information content (AvgIpc) is 2.62. The second-order valence-electron chi connectivity index (χ2n) is 6.48. The summed E-state index contributed by atoms with van der Waals surface area (Å²) in [5, 5.41) is 11.6. The zero-order chi connectivity index (χ0) is 17.6. The molecule has 0 aliphatic heterocycles. The first-order chi connectivity index (χ1) is 11.5. The first kappa shape index (κ1) is 18.2. The highest BCUT2D eigenvalue weighted by Gasteiger charge is 2.36. The van der Waals surface area contributed by atoms with Crippen LogP contribution in [0.3, 0.4) is 0 Å². The molecule has 2 aromatic carbocycles. The van der Waals surface area contributed by atoms with Crippen LogP contribution < -0.4 is 0 Å². The number of hydrogen-bond acceptors (Lipinski definition) is 2. The molecule has 3 nitrogen and oxygen atoms in total. The van der Waals surface area contributed by atoms with Gasteiger partial charge in [-0.1, -0.05) is 74.5 Å². The number of carbonyl (C=O) groups is 1. The van der Waals surface area contributed by atoms with Crippen LogP contribution >= 0.6 is 0 Å². The van der Waals surface area contributed by atoms with Crippen molar-refractivity contribution in [2.75, 3.05) is 13.6 Å². The Hall–Kier alpha value is -2.13. The molecule has 2 rings (SSSR count). The van der Waals surface area contributed by atoms with E-state index in [1.165, 1.54) is 0 Å². The molecule has 128 valence electrons. The molecule has 2 unspecified atom stereocenters. The molecule has 2 atom stereocenters. The van der Waals surface area contributed by atoms with Crippen LogP contribution in [0.25, 0.3) is 0 Å². The first-order valence-corrected chi connectivity index (χ1v) is 8.53. The summed E-state index contributed by atoms with van der Waals surface area (Å²) < 4.78 is 0.